The van der Waals surface area contributed by atoms with E-state index in [1.54, 1.807) is 24.3 Å². The number of anilines is 1. The van der Waals surface area contributed by atoms with Crippen molar-refractivity contribution in [3.8, 4) is 0 Å². The lowest BCUT2D eigenvalue weighted by Crippen LogP contribution is -2.39. The molecule has 2 aromatic carbocycles. The summed E-state index contributed by atoms with van der Waals surface area (Å²) in [5, 5.41) is 7.78. The summed E-state index contributed by atoms with van der Waals surface area (Å²) in [5.41, 5.74) is -0.698. The second-order valence-corrected chi connectivity index (χ2v) is 7.43. The summed E-state index contributed by atoms with van der Waals surface area (Å²) in [6.45, 7) is -1.55. The van der Waals surface area contributed by atoms with Crippen molar-refractivity contribution in [2.75, 3.05) is 18.4 Å². The molecule has 1 aromatic heterocycles. The van der Waals surface area contributed by atoms with Crippen LogP contribution >= 0.6 is 23.2 Å². The molecule has 0 bridgehead atoms. The molecule has 1 aliphatic rings. The number of pyridine rings is 1. The van der Waals surface area contributed by atoms with Crippen LogP contribution in [0.25, 0.3) is 10.8 Å². The Morgan fingerprint density at radius 3 is 2.89 bits per heavy atom. The second kappa shape index (κ2) is 6.82. The third kappa shape index (κ3) is 3.10. The minimum Gasteiger partial charge on any atom is -0.374 e. The van der Waals surface area contributed by atoms with Crippen LogP contribution in [0.2, 0.25) is 10.0 Å². The van der Waals surface area contributed by atoms with E-state index in [2.05, 4.69) is 10.6 Å². The van der Waals surface area contributed by atoms with Crippen molar-refractivity contribution in [1.29, 1.82) is 0 Å². The molecule has 2 heterocycles. The van der Waals surface area contributed by atoms with Gasteiger partial charge in [0.1, 0.15) is 5.82 Å². The van der Waals surface area contributed by atoms with Crippen molar-refractivity contribution >= 4 is 39.7 Å². The van der Waals surface area contributed by atoms with Gasteiger partial charge in [0.25, 0.3) is 5.56 Å². The number of nitrogens with one attached hydrogen (secondary N) is 2. The Kier molecular flexibility index (Phi) is 3.77. The molecule has 0 amide bonds. The summed E-state index contributed by atoms with van der Waals surface area (Å²) in [6.07, 6.45) is 1.80. The van der Waals surface area contributed by atoms with Gasteiger partial charge in [-0.05, 0) is 48.7 Å². The fraction of sp³-hybridized carbons (Fsp3) is 0.250. The molecule has 3 aromatic rings. The Balaban J connectivity index is 1.83. The number of hydrogen-bond acceptors (Lipinski definition) is 3. The van der Waals surface area contributed by atoms with Gasteiger partial charge in [-0.1, -0.05) is 29.3 Å². The fourth-order valence-electron chi connectivity index (χ4n) is 3.63. The van der Waals surface area contributed by atoms with E-state index in [0.29, 0.717) is 30.6 Å². The van der Waals surface area contributed by atoms with Crippen molar-refractivity contribution in [2.45, 2.75) is 12.0 Å². The van der Waals surface area contributed by atoms with Gasteiger partial charge in [0.05, 0.1) is 15.6 Å². The highest BCUT2D eigenvalue weighted by Gasteiger charge is 2.40. The molecule has 7 heteroatoms. The highest BCUT2D eigenvalue weighted by atomic mass is 35.5. The summed E-state index contributed by atoms with van der Waals surface area (Å²) >= 11 is 12.5. The first-order chi connectivity index (χ1) is 14.1. The quantitative estimate of drug-likeness (QED) is 0.635. The minimum absolute atomic E-state index is 0.137. The molecule has 2 N–H and O–H groups in total. The zero-order valence-corrected chi connectivity index (χ0v) is 15.7. The fourth-order valence-corrected chi connectivity index (χ4v) is 4.13. The largest absolute Gasteiger partial charge is 0.374 e. The predicted octanol–water partition coefficient (Wildman–Crippen LogP) is 4.29. The molecule has 140 valence electrons. The molecule has 0 aliphatic carbocycles. The predicted molar refractivity (Wildman–Crippen MR) is 108 cm³/mol. The number of aryl methyl sites for hydroxylation is 1. The molecular formula is C20H18Cl2FN3O. The van der Waals surface area contributed by atoms with E-state index in [9.17, 15) is 9.18 Å². The molecular weight excluding hydrogens is 388 g/mol. The molecule has 4 rings (SSSR count). The highest BCUT2D eigenvalue weighted by Crippen LogP contribution is 2.41. The normalized spacial score (nSPS) is 21.7. The summed E-state index contributed by atoms with van der Waals surface area (Å²) in [7, 11) is 0. The molecule has 1 fully saturated rings. The zero-order valence-electron chi connectivity index (χ0n) is 17.2. The molecule has 1 unspecified atom stereocenters. The van der Waals surface area contributed by atoms with E-state index in [-0.39, 0.29) is 21.0 Å². The van der Waals surface area contributed by atoms with E-state index in [1.165, 1.54) is 18.3 Å². The lowest BCUT2D eigenvalue weighted by atomic mass is 9.87. The molecule has 0 saturated carbocycles. The Hall–Kier alpha value is -2.08. The number of fused-ring (bicyclic) bond motifs is 1. The summed E-state index contributed by atoms with van der Waals surface area (Å²) < 4.78 is 38.1. The van der Waals surface area contributed by atoms with Crippen LogP contribution in [-0.2, 0) is 12.5 Å². The summed E-state index contributed by atoms with van der Waals surface area (Å²) in [4.78, 5) is 12.7. The van der Waals surface area contributed by atoms with Crippen molar-refractivity contribution in [3.63, 3.8) is 0 Å². The molecule has 1 saturated heterocycles. The Morgan fingerprint density at radius 2 is 2.15 bits per heavy atom. The molecule has 1 aliphatic heterocycles. The number of nitrogens with zero attached hydrogens (tertiary/aromatic N) is 1. The van der Waals surface area contributed by atoms with E-state index in [4.69, 9.17) is 27.3 Å². The first-order valence-corrected chi connectivity index (χ1v) is 9.17. The van der Waals surface area contributed by atoms with Crippen LogP contribution < -0.4 is 16.2 Å². The number of benzene rings is 2. The zero-order chi connectivity index (χ0) is 21.7. The maximum atomic E-state index is 14.8. The average Bonchev–Trinajstić information content (AvgIpc) is 3.14. The van der Waals surface area contributed by atoms with Crippen LogP contribution in [0.3, 0.4) is 0 Å². The number of aromatic nitrogens is 1. The highest BCUT2D eigenvalue weighted by molar-refractivity contribution is 6.42. The van der Waals surface area contributed by atoms with Gasteiger partial charge < -0.3 is 15.2 Å². The molecule has 0 spiro atoms. The van der Waals surface area contributed by atoms with E-state index in [0.717, 1.165) is 4.57 Å². The van der Waals surface area contributed by atoms with Crippen LogP contribution in [0.15, 0.2) is 47.4 Å². The van der Waals surface area contributed by atoms with E-state index < -0.39 is 23.9 Å². The van der Waals surface area contributed by atoms with Crippen LogP contribution in [-0.4, -0.2) is 17.7 Å². The number of hydrogen-bond donors (Lipinski definition) is 2. The number of rotatable bonds is 3. The van der Waals surface area contributed by atoms with Gasteiger partial charge in [0.15, 0.2) is 0 Å². The topological polar surface area (TPSA) is 46.1 Å². The van der Waals surface area contributed by atoms with Gasteiger partial charge in [-0.3, -0.25) is 4.79 Å². The van der Waals surface area contributed by atoms with Gasteiger partial charge in [-0.2, -0.15) is 0 Å². The maximum Gasteiger partial charge on any atom is 0.258 e. The van der Waals surface area contributed by atoms with Crippen LogP contribution in [0.5, 0.6) is 0 Å². The standard InChI is InChI=1S/C20H18Cl2FN3O/c1-26-9-6-12-2-3-13(10-14(12)19(26)27)25-20(7-8-24-11-20)17-16(23)5-4-15(21)18(17)22/h2-6,9-10,24-25H,7-8,11H2,1H3/i1D3. The minimum atomic E-state index is -2.58. The smallest absolute Gasteiger partial charge is 0.258 e. The van der Waals surface area contributed by atoms with E-state index in [1.807, 2.05) is 0 Å². The van der Waals surface area contributed by atoms with Crippen LogP contribution in [0.1, 0.15) is 16.1 Å². The Bertz CT molecular complexity index is 1190. The average molecular weight is 409 g/mol. The van der Waals surface area contributed by atoms with Crippen molar-refractivity contribution in [3.05, 3.63) is 74.4 Å². The van der Waals surface area contributed by atoms with Gasteiger partial charge >= 0.3 is 0 Å². The molecule has 4 nitrogen and oxygen atoms in total. The van der Waals surface area contributed by atoms with Crippen molar-refractivity contribution in [2.24, 2.45) is 6.98 Å². The maximum absolute atomic E-state index is 14.8. The van der Waals surface area contributed by atoms with Gasteiger partial charge in [0, 0.05) is 40.5 Å². The summed E-state index contributed by atoms with van der Waals surface area (Å²) in [6, 6.07) is 9.32. The van der Waals surface area contributed by atoms with Crippen LogP contribution in [0, 0.1) is 5.82 Å². The van der Waals surface area contributed by atoms with Crippen molar-refractivity contribution < 1.29 is 8.50 Å². The Morgan fingerprint density at radius 1 is 1.30 bits per heavy atom. The second-order valence-electron chi connectivity index (χ2n) is 6.64. The molecule has 0 radical (unpaired) electrons. The van der Waals surface area contributed by atoms with Crippen molar-refractivity contribution in [1.82, 2.24) is 9.88 Å². The van der Waals surface area contributed by atoms with E-state index >= 15 is 0 Å². The summed E-state index contributed by atoms with van der Waals surface area (Å²) in [5.74, 6) is -0.480. The number of halogens is 3. The van der Waals surface area contributed by atoms with Gasteiger partial charge in [-0.25, -0.2) is 4.39 Å². The monoisotopic (exact) mass is 408 g/mol. The first kappa shape index (κ1) is 14.9. The molecule has 27 heavy (non-hydrogen) atoms. The molecule has 1 atom stereocenters. The lowest BCUT2D eigenvalue weighted by Gasteiger charge is -2.33. The van der Waals surface area contributed by atoms with Gasteiger partial charge in [-0.15, -0.1) is 0 Å². The first-order valence-electron chi connectivity index (χ1n) is 9.91. The SMILES string of the molecule is [2H]C([2H])([2H])n1ccc2ccc(NC3(c4c(F)ccc(Cl)c4Cl)CCNC3)cc2c1=O. The third-order valence-corrected chi connectivity index (χ3v) is 5.77. The third-order valence-electron chi connectivity index (χ3n) is 4.97. The Labute approximate surface area is 170 Å². The van der Waals surface area contributed by atoms with Gasteiger partial charge in [0.2, 0.25) is 0 Å². The van der Waals surface area contributed by atoms with Crippen LogP contribution in [0.4, 0.5) is 10.1 Å². The lowest BCUT2D eigenvalue weighted by molar-refractivity contribution is 0.496.